The van der Waals surface area contributed by atoms with E-state index < -0.39 is 36.9 Å². The molecule has 0 aliphatic carbocycles. The van der Waals surface area contributed by atoms with Crippen LogP contribution in [0.4, 0.5) is 0 Å². The predicted octanol–water partition coefficient (Wildman–Crippen LogP) is -2.58. The van der Waals surface area contributed by atoms with Gasteiger partial charge in [-0.2, -0.15) is 0 Å². The third-order valence-electron chi connectivity index (χ3n) is 2.19. The minimum atomic E-state index is -2.63. The van der Waals surface area contributed by atoms with Crippen molar-refractivity contribution in [2.45, 2.75) is 30.3 Å². The zero-order chi connectivity index (χ0) is 11.6. The minimum absolute atomic E-state index is 0.714. The van der Waals surface area contributed by atoms with E-state index in [4.69, 9.17) is 15.7 Å². The Morgan fingerprint density at radius 1 is 1.33 bits per heavy atom. The molecule has 0 aromatic heterocycles. The number of aliphatic hydroxyl groups excluding tert-OH is 4. The third-order valence-corrected chi connectivity index (χ3v) is 2.19. The highest BCUT2D eigenvalue weighted by atomic mass is 16.6. The van der Waals surface area contributed by atoms with E-state index in [1.54, 1.807) is 0 Å². The quantitative estimate of drug-likeness (QED) is 0.195. The van der Waals surface area contributed by atoms with Crippen LogP contribution in [0.15, 0.2) is 5.11 Å². The van der Waals surface area contributed by atoms with Gasteiger partial charge in [0.1, 0.15) is 18.3 Å². The molecule has 0 aromatic rings. The van der Waals surface area contributed by atoms with E-state index in [1.807, 2.05) is 0 Å². The van der Waals surface area contributed by atoms with Crippen LogP contribution in [0.2, 0.25) is 0 Å². The first-order valence-electron chi connectivity index (χ1n) is 4.06. The van der Waals surface area contributed by atoms with Crippen molar-refractivity contribution in [1.82, 2.24) is 0 Å². The Bertz CT molecular complexity index is 282. The Balaban J connectivity index is 3.03. The summed E-state index contributed by atoms with van der Waals surface area (Å²) in [5, 5.41) is 49.0. The molecule has 86 valence electrons. The lowest BCUT2D eigenvalue weighted by Gasteiger charge is -2.43. The summed E-state index contributed by atoms with van der Waals surface area (Å²) in [5.41, 5.74) is 5.53. The van der Waals surface area contributed by atoms with Gasteiger partial charge in [-0.1, -0.05) is 5.11 Å². The summed E-state index contributed by atoms with van der Waals surface area (Å²) in [5.74, 6) is 0. The van der Waals surface area contributed by atoms with E-state index in [0.29, 0.717) is 0 Å². The third kappa shape index (κ3) is 1.90. The fraction of sp³-hybridized carbons (Fsp3) is 1.00. The van der Waals surface area contributed by atoms with Crippen molar-refractivity contribution in [3.8, 4) is 0 Å². The van der Waals surface area contributed by atoms with Crippen molar-refractivity contribution in [1.29, 1.82) is 0 Å². The Morgan fingerprint density at radius 3 is 2.40 bits per heavy atom. The molecule has 1 rings (SSSR count). The summed E-state index contributed by atoms with van der Waals surface area (Å²) in [6, 6.07) is 0. The van der Waals surface area contributed by atoms with E-state index in [-0.39, 0.29) is 0 Å². The highest BCUT2D eigenvalue weighted by molar-refractivity contribution is 4.99. The molecule has 1 fully saturated rings. The molecule has 15 heavy (non-hydrogen) atoms. The van der Waals surface area contributed by atoms with Crippen LogP contribution in [0.25, 0.3) is 10.4 Å². The van der Waals surface area contributed by atoms with E-state index in [1.165, 1.54) is 0 Å². The average molecular weight is 221 g/mol. The minimum Gasteiger partial charge on any atom is -0.394 e. The number of rotatable bonds is 2. The van der Waals surface area contributed by atoms with Crippen LogP contribution in [0.5, 0.6) is 0 Å². The number of nitrogens with zero attached hydrogens (tertiary/aromatic N) is 3. The molecule has 0 radical (unpaired) electrons. The molecule has 0 aromatic carbocycles. The zero-order valence-corrected chi connectivity index (χ0v) is 7.50. The number of hydrogen-bond acceptors (Lipinski definition) is 7. The first-order chi connectivity index (χ1) is 6.97. The number of hydrogen-bond donors (Lipinski definition) is 5. The summed E-state index contributed by atoms with van der Waals surface area (Å²) in [6.07, 6.45) is -7.04. The van der Waals surface area contributed by atoms with Crippen molar-refractivity contribution in [2.24, 2.45) is 5.11 Å². The molecule has 0 bridgehead atoms. The van der Waals surface area contributed by atoms with Crippen molar-refractivity contribution in [3.05, 3.63) is 10.4 Å². The highest BCUT2D eigenvalue weighted by Gasteiger charge is 2.54. The van der Waals surface area contributed by atoms with Gasteiger partial charge in [0.2, 0.25) is 5.72 Å². The van der Waals surface area contributed by atoms with Gasteiger partial charge in [0.15, 0.2) is 6.29 Å². The summed E-state index contributed by atoms with van der Waals surface area (Å²) < 4.78 is 4.56. The normalized spacial score (nSPS) is 45.9. The van der Waals surface area contributed by atoms with Crippen molar-refractivity contribution in [2.75, 3.05) is 6.61 Å². The topological polar surface area (TPSA) is 159 Å². The SMILES string of the molecule is [N-]=[N+]=N[C@@]1(O)[C@@H](O)C(O)O[C@H](CO)[C@@H]1O. The van der Waals surface area contributed by atoms with Gasteiger partial charge in [0.25, 0.3) is 0 Å². The molecular weight excluding hydrogens is 210 g/mol. The molecule has 1 aliphatic rings. The molecule has 1 unspecified atom stereocenters. The van der Waals surface area contributed by atoms with Gasteiger partial charge in [0, 0.05) is 4.91 Å². The molecule has 5 atom stereocenters. The van der Waals surface area contributed by atoms with Gasteiger partial charge >= 0.3 is 0 Å². The molecule has 0 saturated carbocycles. The van der Waals surface area contributed by atoms with E-state index >= 15 is 0 Å². The molecule has 9 heteroatoms. The highest BCUT2D eigenvalue weighted by Crippen LogP contribution is 2.30. The van der Waals surface area contributed by atoms with Crippen LogP contribution < -0.4 is 0 Å². The second-order valence-corrected chi connectivity index (χ2v) is 3.11. The second-order valence-electron chi connectivity index (χ2n) is 3.11. The number of aliphatic hydroxyl groups is 5. The second kappa shape index (κ2) is 4.29. The Labute approximate surface area is 83.8 Å². The fourth-order valence-electron chi connectivity index (χ4n) is 1.32. The van der Waals surface area contributed by atoms with Gasteiger partial charge < -0.3 is 30.3 Å². The van der Waals surface area contributed by atoms with Gasteiger partial charge in [-0.15, -0.1) is 0 Å². The predicted molar refractivity (Wildman–Crippen MR) is 44.1 cm³/mol. The first-order valence-corrected chi connectivity index (χ1v) is 4.06. The fourth-order valence-corrected chi connectivity index (χ4v) is 1.32. The summed E-state index contributed by atoms with van der Waals surface area (Å²) in [4.78, 5) is 2.24. The molecule has 0 amide bonds. The lowest BCUT2D eigenvalue weighted by molar-refractivity contribution is -0.319. The van der Waals surface area contributed by atoms with E-state index in [0.717, 1.165) is 0 Å². The van der Waals surface area contributed by atoms with Crippen LogP contribution in [0.1, 0.15) is 0 Å². The standard InChI is InChI=1S/C6H11N3O6/c7-9-8-6(14)3(11)2(1-10)15-5(13)4(6)12/h2-5,10-14H,1H2/t2-,3+,4+,5?,6+/m1/s1. The van der Waals surface area contributed by atoms with Crippen molar-refractivity contribution in [3.63, 3.8) is 0 Å². The molecular formula is C6H11N3O6. The van der Waals surface area contributed by atoms with Gasteiger partial charge in [-0.05, 0) is 5.53 Å². The Morgan fingerprint density at radius 2 is 1.93 bits per heavy atom. The van der Waals surface area contributed by atoms with Crippen LogP contribution in [-0.2, 0) is 4.74 Å². The van der Waals surface area contributed by atoms with Crippen LogP contribution in [-0.4, -0.2) is 62.5 Å². The summed E-state index contributed by atoms with van der Waals surface area (Å²) in [6.45, 7) is -0.714. The lowest BCUT2D eigenvalue weighted by Crippen LogP contribution is -2.66. The maximum atomic E-state index is 9.61. The van der Waals surface area contributed by atoms with E-state index in [2.05, 4.69) is 14.8 Å². The smallest absolute Gasteiger partial charge is 0.203 e. The molecule has 5 N–H and O–H groups in total. The maximum absolute atomic E-state index is 9.61. The zero-order valence-electron chi connectivity index (χ0n) is 7.50. The molecule has 0 spiro atoms. The average Bonchev–Trinajstić information content (AvgIpc) is 2.21. The van der Waals surface area contributed by atoms with Crippen LogP contribution in [0.3, 0.4) is 0 Å². The van der Waals surface area contributed by atoms with Gasteiger partial charge in [-0.3, -0.25) is 0 Å². The Hall–Kier alpha value is -0.930. The molecule has 1 aliphatic heterocycles. The van der Waals surface area contributed by atoms with Crippen LogP contribution >= 0.6 is 0 Å². The van der Waals surface area contributed by atoms with Crippen molar-refractivity contribution >= 4 is 0 Å². The summed E-state index contributed by atoms with van der Waals surface area (Å²) >= 11 is 0. The van der Waals surface area contributed by atoms with Gasteiger partial charge in [-0.25, -0.2) is 0 Å². The van der Waals surface area contributed by atoms with Gasteiger partial charge in [0.05, 0.1) is 6.61 Å². The molecule has 1 saturated heterocycles. The van der Waals surface area contributed by atoms with E-state index in [9.17, 15) is 15.3 Å². The van der Waals surface area contributed by atoms with Crippen LogP contribution in [0, 0.1) is 0 Å². The monoisotopic (exact) mass is 221 g/mol. The molecule has 9 nitrogen and oxygen atoms in total. The molecule has 1 heterocycles. The first kappa shape index (κ1) is 12.1. The maximum Gasteiger partial charge on any atom is 0.203 e. The number of ether oxygens (including phenoxy) is 1. The van der Waals surface area contributed by atoms with Crippen molar-refractivity contribution < 1.29 is 30.3 Å². The number of azide groups is 1. The lowest BCUT2D eigenvalue weighted by atomic mass is 9.93. The Kier molecular flexibility index (Phi) is 3.47. The largest absolute Gasteiger partial charge is 0.394 e. The summed E-state index contributed by atoms with van der Waals surface area (Å²) in [7, 11) is 0.